The summed E-state index contributed by atoms with van der Waals surface area (Å²) in [4.78, 5) is 9.56. The van der Waals surface area contributed by atoms with E-state index in [0.717, 1.165) is 92.7 Å². The van der Waals surface area contributed by atoms with Crippen LogP contribution in [0.5, 0.6) is 0 Å². The summed E-state index contributed by atoms with van der Waals surface area (Å²) >= 11 is 0. The van der Waals surface area contributed by atoms with Gasteiger partial charge in [0.05, 0.1) is 21.8 Å². The quantitative estimate of drug-likeness (QED) is 0.0624. The molecule has 0 aliphatic heterocycles. The molecule has 242 valence electrons. The molecule has 6 aromatic rings. The molecule has 10 nitrogen and oxygen atoms in total. The number of benzene rings is 2. The summed E-state index contributed by atoms with van der Waals surface area (Å²) in [7, 11) is 0. The van der Waals surface area contributed by atoms with Crippen molar-refractivity contribution in [2.24, 2.45) is 0 Å². The third kappa shape index (κ3) is 6.64. The summed E-state index contributed by atoms with van der Waals surface area (Å²) in [5.41, 5.74) is 4.81. The number of fused-ring (bicyclic) bond motifs is 6. The van der Waals surface area contributed by atoms with Crippen molar-refractivity contribution >= 4 is 43.9 Å². The predicted molar refractivity (Wildman–Crippen MR) is 180 cm³/mol. The van der Waals surface area contributed by atoms with E-state index in [1.807, 2.05) is 62.4 Å². The normalized spacial score (nSPS) is 12.0. The van der Waals surface area contributed by atoms with Crippen molar-refractivity contribution in [3.8, 4) is 0 Å². The molecule has 46 heavy (non-hydrogen) atoms. The summed E-state index contributed by atoms with van der Waals surface area (Å²) in [5, 5.41) is 27.0. The van der Waals surface area contributed by atoms with Crippen LogP contribution in [0.4, 0.5) is 0 Å². The maximum Gasteiger partial charge on any atom is 0.226 e. The molecule has 4 heterocycles. The lowest BCUT2D eigenvalue weighted by atomic mass is 10.1. The minimum absolute atomic E-state index is 0.440. The van der Waals surface area contributed by atoms with E-state index in [1.165, 1.54) is 25.7 Å². The van der Waals surface area contributed by atoms with Crippen LogP contribution in [0.2, 0.25) is 0 Å². The van der Waals surface area contributed by atoms with Gasteiger partial charge in [0, 0.05) is 38.4 Å². The summed E-state index contributed by atoms with van der Waals surface area (Å²) in [5.74, 6) is 1.76. The Morgan fingerprint density at radius 3 is 1.39 bits per heavy atom. The number of pyridine rings is 2. The molecule has 0 aliphatic rings. The van der Waals surface area contributed by atoms with Crippen LogP contribution in [0.1, 0.15) is 76.9 Å². The molecule has 0 saturated heterocycles. The largest absolute Gasteiger partial charge is 0.618 e. The number of imidazole rings is 2. The van der Waals surface area contributed by atoms with Gasteiger partial charge in [0.1, 0.15) is 24.9 Å². The first-order chi connectivity index (χ1) is 22.6. The lowest BCUT2D eigenvalue weighted by Gasteiger charge is -2.11. The van der Waals surface area contributed by atoms with Gasteiger partial charge in [-0.25, -0.2) is 9.97 Å². The Morgan fingerprint density at radius 2 is 0.978 bits per heavy atom. The van der Waals surface area contributed by atoms with Crippen molar-refractivity contribution in [3.05, 3.63) is 83.0 Å². The molecule has 4 aromatic heterocycles. The zero-order valence-corrected chi connectivity index (χ0v) is 27.0. The zero-order valence-electron chi connectivity index (χ0n) is 27.0. The van der Waals surface area contributed by atoms with Gasteiger partial charge in [-0.2, -0.15) is 9.46 Å². The van der Waals surface area contributed by atoms with Crippen molar-refractivity contribution in [3.63, 3.8) is 0 Å². The number of rotatable bonds is 17. The van der Waals surface area contributed by atoms with Crippen LogP contribution in [0.25, 0.3) is 43.9 Å². The molecule has 0 unspecified atom stereocenters. The van der Waals surface area contributed by atoms with Gasteiger partial charge in [-0.1, -0.05) is 62.8 Å². The van der Waals surface area contributed by atoms with Crippen molar-refractivity contribution < 1.29 is 18.9 Å². The lowest BCUT2D eigenvalue weighted by Crippen LogP contribution is -2.26. The molecule has 0 fully saturated rings. The van der Waals surface area contributed by atoms with Gasteiger partial charge >= 0.3 is 0 Å². The Hall–Kier alpha value is -4.28. The molecule has 0 spiro atoms. The van der Waals surface area contributed by atoms with Gasteiger partial charge in [-0.05, 0) is 38.8 Å². The highest BCUT2D eigenvalue weighted by molar-refractivity contribution is 6.01. The van der Waals surface area contributed by atoms with Crippen molar-refractivity contribution in [2.45, 2.75) is 91.5 Å². The number of nitrogens with zero attached hydrogens (tertiary/aromatic N) is 6. The van der Waals surface area contributed by atoms with Crippen molar-refractivity contribution in [1.29, 1.82) is 0 Å². The summed E-state index contributed by atoms with van der Waals surface area (Å²) in [6.07, 6.45) is 12.4. The van der Waals surface area contributed by atoms with Gasteiger partial charge < -0.3 is 29.0 Å². The third-order valence-corrected chi connectivity index (χ3v) is 8.80. The van der Waals surface area contributed by atoms with E-state index < -0.39 is 0 Å². The number of hydrogen-bond acceptors (Lipinski definition) is 6. The molecule has 0 N–H and O–H groups in total. The van der Waals surface area contributed by atoms with Crippen LogP contribution in [0, 0.1) is 10.4 Å². The molecule has 0 bridgehead atoms. The smallest absolute Gasteiger partial charge is 0.226 e. The van der Waals surface area contributed by atoms with Crippen LogP contribution < -0.4 is 9.46 Å². The summed E-state index contributed by atoms with van der Waals surface area (Å²) in [6.45, 7) is 7.81. The monoisotopic (exact) mass is 624 g/mol. The second-order valence-corrected chi connectivity index (χ2v) is 11.9. The minimum atomic E-state index is 0.440. The van der Waals surface area contributed by atoms with E-state index in [1.54, 1.807) is 12.4 Å². The maximum absolute atomic E-state index is 12.6. The van der Waals surface area contributed by atoms with Gasteiger partial charge in [0.25, 0.3) is 0 Å². The fourth-order valence-corrected chi connectivity index (χ4v) is 6.57. The van der Waals surface area contributed by atoms with Gasteiger partial charge in [-0.15, -0.1) is 0 Å². The van der Waals surface area contributed by atoms with Crippen LogP contribution in [0.15, 0.2) is 60.9 Å². The fraction of sp³-hybridized carbons (Fsp3) is 0.444. The van der Waals surface area contributed by atoms with Crippen molar-refractivity contribution in [2.75, 3.05) is 13.2 Å². The van der Waals surface area contributed by atoms with Crippen molar-refractivity contribution in [1.82, 2.24) is 19.1 Å². The first-order valence-corrected chi connectivity index (χ1v) is 16.8. The lowest BCUT2D eigenvalue weighted by molar-refractivity contribution is -0.575. The molecule has 10 heteroatoms. The second kappa shape index (κ2) is 14.9. The highest BCUT2D eigenvalue weighted by Gasteiger charge is 2.20. The molecular weight excluding hydrogens is 580 g/mol. The SMILES string of the molecule is CCOCc1nc2c[n+]([O-])c3ccccc3c2n1CCCCCCCCCCn1c(COCC)nc2c[n+]([O-])c3ccccc3c21. The Labute approximate surface area is 269 Å². The van der Waals surface area contributed by atoms with Gasteiger partial charge in [-0.3, -0.25) is 0 Å². The van der Waals surface area contributed by atoms with Crippen LogP contribution in [-0.4, -0.2) is 32.3 Å². The number of ether oxygens (including phenoxy) is 2. The third-order valence-electron chi connectivity index (χ3n) is 8.80. The number of aromatic nitrogens is 6. The van der Waals surface area contributed by atoms with E-state index in [2.05, 4.69) is 9.13 Å². The highest BCUT2D eigenvalue weighted by atomic mass is 16.5. The number of unbranched alkanes of at least 4 members (excludes halogenated alkanes) is 7. The van der Waals surface area contributed by atoms with Gasteiger partial charge in [0.15, 0.2) is 11.0 Å². The Morgan fingerprint density at radius 1 is 0.587 bits per heavy atom. The maximum atomic E-state index is 12.6. The number of aryl methyl sites for hydroxylation is 2. The standard InChI is InChI=1S/C36H44N6O4/c1-3-45-25-33-37-29-23-41(43)31-19-13-11-17-27(31)35(29)39(33)21-15-9-7-5-6-8-10-16-22-40-34(26-46-4-2)38-30-24-42(44)32-20-14-12-18-28(32)36(30)40/h11-14,17-20,23-24H,3-10,15-16,21-22,25-26H2,1-2H3. The van der Waals surface area contributed by atoms with Gasteiger partial charge in [0.2, 0.25) is 23.4 Å². The Balaban J connectivity index is 1.00. The summed E-state index contributed by atoms with van der Waals surface area (Å²) < 4.78 is 17.8. The number of para-hydroxylation sites is 2. The summed E-state index contributed by atoms with van der Waals surface area (Å²) in [6, 6.07) is 15.5. The first-order valence-electron chi connectivity index (χ1n) is 16.8. The fourth-order valence-electron chi connectivity index (χ4n) is 6.57. The van der Waals surface area contributed by atoms with Crippen LogP contribution in [0.3, 0.4) is 0 Å². The molecule has 2 aromatic carbocycles. The second-order valence-electron chi connectivity index (χ2n) is 11.9. The predicted octanol–water partition coefficient (Wildman–Crippen LogP) is 6.85. The van der Waals surface area contributed by atoms with E-state index in [4.69, 9.17) is 19.4 Å². The molecule has 0 saturated carbocycles. The molecule has 0 aliphatic carbocycles. The minimum Gasteiger partial charge on any atom is -0.618 e. The van der Waals surface area contributed by atoms with E-state index in [0.29, 0.717) is 37.5 Å². The van der Waals surface area contributed by atoms with Crippen LogP contribution >= 0.6 is 0 Å². The molecule has 0 amide bonds. The van der Waals surface area contributed by atoms with E-state index in [-0.39, 0.29) is 0 Å². The first kappa shape index (κ1) is 31.7. The number of hydrogen-bond donors (Lipinski definition) is 0. The van der Waals surface area contributed by atoms with E-state index >= 15 is 0 Å². The molecule has 0 radical (unpaired) electrons. The highest BCUT2D eigenvalue weighted by Crippen LogP contribution is 2.27. The van der Waals surface area contributed by atoms with E-state index in [9.17, 15) is 10.4 Å². The average Bonchev–Trinajstić information content (AvgIpc) is 3.60. The molecule has 6 rings (SSSR count). The Bertz CT molecular complexity index is 1790. The average molecular weight is 625 g/mol. The van der Waals surface area contributed by atoms with Crippen LogP contribution in [-0.2, 0) is 35.8 Å². The zero-order chi connectivity index (χ0) is 31.9. The topological polar surface area (TPSA) is 108 Å². The Kier molecular flexibility index (Phi) is 10.2. The molecular formula is C36H44N6O4. The molecule has 0 atom stereocenters.